The van der Waals surface area contributed by atoms with E-state index >= 15 is 0 Å². The van der Waals surface area contributed by atoms with Crippen molar-refractivity contribution in [3.8, 4) is 0 Å². The molecule has 0 bridgehead atoms. The van der Waals surface area contributed by atoms with Crippen LogP contribution in [0.25, 0.3) is 0 Å². The largest absolute Gasteiger partial charge is 0.480 e. The van der Waals surface area contributed by atoms with E-state index in [1.165, 1.54) is 0 Å². The topological polar surface area (TPSA) is 117 Å². The molecule has 0 saturated carbocycles. The number of rotatable bonds is 5. The number of carboxylic acid groups (broad SMARTS) is 1. The fraction of sp³-hybridized carbons (Fsp3) is 0.348. The lowest BCUT2D eigenvalue weighted by molar-refractivity contribution is -0.138. The Morgan fingerprint density at radius 1 is 1.18 bits per heavy atom. The minimum atomic E-state index is -1.05. The number of anilines is 1. The number of carboxylic acids is 1. The second-order valence-corrected chi connectivity index (χ2v) is 9.55. The van der Waals surface area contributed by atoms with Crippen molar-refractivity contribution in [1.82, 2.24) is 10.6 Å². The maximum Gasteiger partial charge on any atom is 0.407 e. The Kier molecular flexibility index (Phi) is 7.39. The van der Waals surface area contributed by atoms with Crippen molar-refractivity contribution in [2.75, 3.05) is 5.32 Å². The third kappa shape index (κ3) is 6.52. The number of fused-ring (bicyclic) bond motifs is 1. The van der Waals surface area contributed by atoms with E-state index in [1.807, 2.05) is 0 Å². The number of hydrogen-bond donors (Lipinski definition) is 4. The number of amides is 2. The summed E-state index contributed by atoms with van der Waals surface area (Å²) in [5.74, 6) is -1.45. The number of alkyl carbamates (subject to hydrolysis) is 1. The summed E-state index contributed by atoms with van der Waals surface area (Å²) in [7, 11) is 0. The van der Waals surface area contributed by atoms with Gasteiger partial charge >= 0.3 is 12.1 Å². The van der Waals surface area contributed by atoms with Crippen LogP contribution < -0.4 is 16.0 Å². The van der Waals surface area contributed by atoms with Crippen molar-refractivity contribution in [1.29, 1.82) is 0 Å². The van der Waals surface area contributed by atoms with E-state index in [0.29, 0.717) is 32.4 Å². The summed E-state index contributed by atoms with van der Waals surface area (Å²) in [5.41, 5.74) is 1.49. The van der Waals surface area contributed by atoms with E-state index in [2.05, 4.69) is 16.0 Å². The number of ether oxygens (including phenoxy) is 1. The Hall–Kier alpha value is -2.97. The van der Waals surface area contributed by atoms with E-state index in [-0.39, 0.29) is 13.0 Å². The summed E-state index contributed by atoms with van der Waals surface area (Å²) in [6.07, 6.45) is -0.452. The van der Waals surface area contributed by atoms with Gasteiger partial charge in [-0.2, -0.15) is 0 Å². The lowest BCUT2D eigenvalue weighted by Gasteiger charge is -2.32. The Balaban J connectivity index is 1.75. The molecule has 8 nitrogen and oxygen atoms in total. The van der Waals surface area contributed by atoms with Crippen molar-refractivity contribution in [2.24, 2.45) is 0 Å². The quantitative estimate of drug-likeness (QED) is 0.477. The zero-order valence-corrected chi connectivity index (χ0v) is 19.9. The fourth-order valence-corrected chi connectivity index (χ4v) is 4.13. The first-order valence-electron chi connectivity index (χ1n) is 10.3. The first kappa shape index (κ1) is 24.7. The molecule has 0 aromatic heterocycles. The van der Waals surface area contributed by atoms with Crippen LogP contribution in [0.2, 0.25) is 10.0 Å². The number of nitrogens with one attached hydrogen (secondary N) is 3. The van der Waals surface area contributed by atoms with E-state index in [4.69, 9.17) is 27.9 Å². The summed E-state index contributed by atoms with van der Waals surface area (Å²) in [4.78, 5) is 36.5. The molecule has 33 heavy (non-hydrogen) atoms. The van der Waals surface area contributed by atoms with Gasteiger partial charge in [0, 0.05) is 39.8 Å². The number of aliphatic carboxylic acids is 1. The highest BCUT2D eigenvalue weighted by molar-refractivity contribution is 6.35. The third-order valence-corrected chi connectivity index (χ3v) is 5.40. The van der Waals surface area contributed by atoms with Gasteiger partial charge in [-0.1, -0.05) is 35.3 Å². The first-order chi connectivity index (χ1) is 15.4. The molecule has 2 unspecified atom stereocenters. The molecule has 0 fully saturated rings. The van der Waals surface area contributed by atoms with Gasteiger partial charge in [0.2, 0.25) is 0 Å². The van der Waals surface area contributed by atoms with Crippen LogP contribution in [0.15, 0.2) is 36.4 Å². The maximum absolute atomic E-state index is 13.0. The molecule has 10 heteroatoms. The summed E-state index contributed by atoms with van der Waals surface area (Å²) in [5, 5.41) is 18.6. The summed E-state index contributed by atoms with van der Waals surface area (Å²) < 4.78 is 5.21. The van der Waals surface area contributed by atoms with Gasteiger partial charge in [-0.3, -0.25) is 4.79 Å². The Bertz CT molecular complexity index is 1080. The van der Waals surface area contributed by atoms with Gasteiger partial charge in [0.1, 0.15) is 11.6 Å². The van der Waals surface area contributed by atoms with Gasteiger partial charge in [-0.05, 0) is 50.6 Å². The van der Waals surface area contributed by atoms with Crippen LogP contribution in [0, 0.1) is 0 Å². The molecular weight excluding hydrogens is 469 g/mol. The lowest BCUT2D eigenvalue weighted by atomic mass is 9.92. The van der Waals surface area contributed by atoms with Crippen molar-refractivity contribution < 1.29 is 24.2 Å². The summed E-state index contributed by atoms with van der Waals surface area (Å²) in [6, 6.07) is 8.33. The second-order valence-electron chi connectivity index (χ2n) is 8.70. The van der Waals surface area contributed by atoms with Crippen molar-refractivity contribution in [3.05, 3.63) is 63.1 Å². The molecule has 0 spiro atoms. The molecule has 0 radical (unpaired) electrons. The van der Waals surface area contributed by atoms with Crippen LogP contribution in [0.4, 0.5) is 10.5 Å². The van der Waals surface area contributed by atoms with Crippen LogP contribution in [-0.4, -0.2) is 34.7 Å². The molecule has 2 atom stereocenters. The van der Waals surface area contributed by atoms with E-state index in [1.54, 1.807) is 57.2 Å². The standard InChI is InChI=1S/C23H25Cl2N3O5/c1-23(2,3)33-22(32)26-11-12-5-4-6-13(7-12)20(29)28-17-10-18(21(30)31)27-16-9-14(24)8-15(25)19(16)17/h4-9,17-18,27H,10-11H2,1-3H3,(H,26,32)(H,28,29)(H,30,31). The minimum absolute atomic E-state index is 0.106. The summed E-state index contributed by atoms with van der Waals surface area (Å²) >= 11 is 12.4. The highest BCUT2D eigenvalue weighted by Gasteiger charge is 2.33. The summed E-state index contributed by atoms with van der Waals surface area (Å²) in [6.45, 7) is 5.49. The molecular formula is C23H25Cl2N3O5. The average Bonchev–Trinajstić information content (AvgIpc) is 2.70. The smallest absolute Gasteiger partial charge is 0.407 e. The molecule has 2 amide bonds. The van der Waals surface area contributed by atoms with E-state index in [0.717, 1.165) is 0 Å². The zero-order valence-electron chi connectivity index (χ0n) is 18.4. The molecule has 1 heterocycles. The zero-order chi connectivity index (χ0) is 24.3. The average molecular weight is 494 g/mol. The Morgan fingerprint density at radius 2 is 1.91 bits per heavy atom. The molecule has 0 aliphatic carbocycles. The van der Waals surface area contributed by atoms with Gasteiger partial charge in [-0.15, -0.1) is 0 Å². The van der Waals surface area contributed by atoms with Crippen LogP contribution in [0.1, 0.15) is 54.7 Å². The molecule has 1 aliphatic heterocycles. The monoisotopic (exact) mass is 493 g/mol. The Morgan fingerprint density at radius 3 is 2.58 bits per heavy atom. The molecule has 3 rings (SSSR count). The van der Waals surface area contributed by atoms with Crippen molar-refractivity contribution >= 4 is 46.9 Å². The molecule has 176 valence electrons. The third-order valence-electron chi connectivity index (χ3n) is 4.87. The van der Waals surface area contributed by atoms with Crippen LogP contribution in [-0.2, 0) is 16.1 Å². The van der Waals surface area contributed by atoms with Gasteiger partial charge < -0.3 is 25.8 Å². The van der Waals surface area contributed by atoms with Gasteiger partial charge in [0.25, 0.3) is 5.91 Å². The number of carbonyl (C=O) groups excluding carboxylic acids is 2. The Labute approximate surface area is 201 Å². The van der Waals surface area contributed by atoms with Gasteiger partial charge in [0.05, 0.1) is 6.04 Å². The normalized spacial score (nSPS) is 17.4. The molecule has 4 N–H and O–H groups in total. The number of hydrogen-bond acceptors (Lipinski definition) is 5. The number of halogens is 2. The molecule has 2 aromatic rings. The fourth-order valence-electron chi connectivity index (χ4n) is 3.50. The molecule has 1 aliphatic rings. The van der Waals surface area contributed by atoms with Crippen LogP contribution in [0.5, 0.6) is 0 Å². The van der Waals surface area contributed by atoms with Crippen LogP contribution >= 0.6 is 23.2 Å². The first-order valence-corrected chi connectivity index (χ1v) is 11.0. The van der Waals surface area contributed by atoms with Gasteiger partial charge in [-0.25, -0.2) is 9.59 Å². The van der Waals surface area contributed by atoms with E-state index in [9.17, 15) is 19.5 Å². The van der Waals surface area contributed by atoms with Gasteiger partial charge in [0.15, 0.2) is 0 Å². The van der Waals surface area contributed by atoms with Crippen LogP contribution in [0.3, 0.4) is 0 Å². The second kappa shape index (κ2) is 9.89. The molecule has 2 aromatic carbocycles. The van der Waals surface area contributed by atoms with Crippen molar-refractivity contribution in [3.63, 3.8) is 0 Å². The van der Waals surface area contributed by atoms with Crippen molar-refractivity contribution in [2.45, 2.75) is 51.4 Å². The highest BCUT2D eigenvalue weighted by Crippen LogP contribution is 2.40. The van der Waals surface area contributed by atoms with E-state index < -0.39 is 35.7 Å². The number of benzene rings is 2. The number of carbonyl (C=O) groups is 3. The highest BCUT2D eigenvalue weighted by atomic mass is 35.5. The lowest BCUT2D eigenvalue weighted by Crippen LogP contribution is -2.41. The predicted molar refractivity (Wildman–Crippen MR) is 126 cm³/mol. The predicted octanol–water partition coefficient (Wildman–Crippen LogP) is 4.76. The molecule has 0 saturated heterocycles. The minimum Gasteiger partial charge on any atom is -0.480 e. The maximum atomic E-state index is 13.0. The SMILES string of the molecule is CC(C)(C)OC(=O)NCc1cccc(C(=O)NC2CC(C(=O)O)Nc3cc(Cl)cc(Cl)c32)c1.